The largest absolute Gasteiger partial charge is 0.357 e. The van der Waals surface area contributed by atoms with Crippen LogP contribution in [0.5, 0.6) is 0 Å². The summed E-state index contributed by atoms with van der Waals surface area (Å²) in [6, 6.07) is 17.1. The summed E-state index contributed by atoms with van der Waals surface area (Å²) in [5.41, 5.74) is 13.1. The monoisotopic (exact) mass is 1400 g/mol. The lowest BCUT2D eigenvalue weighted by molar-refractivity contribution is -0.105. The summed E-state index contributed by atoms with van der Waals surface area (Å²) in [5.74, 6) is 1.98. The van der Waals surface area contributed by atoms with Crippen molar-refractivity contribution in [2.45, 2.75) is 135 Å². The van der Waals surface area contributed by atoms with Crippen molar-refractivity contribution in [1.29, 1.82) is 15.8 Å². The van der Waals surface area contributed by atoms with Crippen LogP contribution >= 0.6 is 0 Å². The van der Waals surface area contributed by atoms with Crippen LogP contribution in [0.2, 0.25) is 0 Å². The normalized spacial score (nSPS) is 15.0. The Morgan fingerprint density at radius 3 is 1.36 bits per heavy atom. The maximum absolute atomic E-state index is 11.0. The summed E-state index contributed by atoms with van der Waals surface area (Å²) in [5, 5.41) is 104. The number of hydrogen-bond donors (Lipinski definition) is 7. The molecule has 32 nitrogen and oxygen atoms in total. The lowest BCUT2D eigenvalue weighted by Gasteiger charge is -2.21. The van der Waals surface area contributed by atoms with Crippen molar-refractivity contribution in [3.05, 3.63) is 142 Å². The van der Waals surface area contributed by atoms with Gasteiger partial charge in [-0.25, -0.2) is 4.68 Å². The molecular formula is C73H76N30O2. The smallest absolute Gasteiger partial charge is 0.212 e. The second-order valence-electron chi connectivity index (χ2n) is 26.1. The Morgan fingerprint density at radius 1 is 0.486 bits per heavy atom. The average Bonchev–Trinajstić information content (AvgIpc) is 1.67. The Kier molecular flexibility index (Phi) is 21.5. The first-order chi connectivity index (χ1) is 51.8. The molecule has 105 heavy (non-hydrogen) atoms. The second kappa shape index (κ2) is 32.7. The molecule has 0 bridgehead atoms. The van der Waals surface area contributed by atoms with Crippen molar-refractivity contribution >= 4 is 67.4 Å². The van der Waals surface area contributed by atoms with Crippen LogP contribution < -0.4 is 5.32 Å². The molecule has 3 aliphatic rings. The fraction of sp³-hybridized carbons (Fsp3) is 0.342. The molecule has 0 saturated heterocycles. The minimum absolute atomic E-state index is 0.0738. The quantitative estimate of drug-likeness (QED) is 0.0370. The second-order valence-corrected chi connectivity index (χ2v) is 26.1. The van der Waals surface area contributed by atoms with E-state index in [1.165, 1.54) is 64.2 Å². The van der Waals surface area contributed by atoms with E-state index in [1.807, 2.05) is 126 Å². The number of fused-ring (bicyclic) bond motifs is 5. The molecule has 15 aromatic rings. The zero-order chi connectivity index (χ0) is 71.9. The molecule has 4 atom stereocenters. The van der Waals surface area contributed by atoms with Crippen molar-refractivity contribution in [1.82, 2.24) is 130 Å². The number of amides is 1. The molecule has 7 N–H and O–H groups in total. The number of aromatic amines is 6. The lowest BCUT2D eigenvalue weighted by Crippen LogP contribution is -2.17. The van der Waals surface area contributed by atoms with E-state index in [0.717, 1.165) is 112 Å². The SMILES string of the molecule is CCOC(C)n1cc(-c2cnnc3[nH]ccc23)cn1.N#CCC(C1CCCC1)n1cc(-c2c(NC=O)nnc3[nH]ccc23)cn1.N#CCC(C1CCCC1)n1cc(-c2cnnc3[nH]ccc23)cn1.N#CCC(C1CCCC1)n1cc(-c2nnnc3[nH]ccc23)cn1.c1cc2c(-c3cn[nH]c3)cnnc2[nH]1. The first kappa shape index (κ1) is 69.1. The molecule has 0 aromatic carbocycles. The van der Waals surface area contributed by atoms with Gasteiger partial charge in [0.2, 0.25) is 6.41 Å². The fourth-order valence-electron chi connectivity index (χ4n) is 14.8. The maximum atomic E-state index is 11.0. The van der Waals surface area contributed by atoms with Gasteiger partial charge in [0, 0.05) is 146 Å². The highest BCUT2D eigenvalue weighted by molar-refractivity contribution is 6.00. The predicted molar refractivity (Wildman–Crippen MR) is 389 cm³/mol. The van der Waals surface area contributed by atoms with Gasteiger partial charge in [-0.3, -0.25) is 23.9 Å². The summed E-state index contributed by atoms with van der Waals surface area (Å²) in [6.45, 7) is 4.60. The third kappa shape index (κ3) is 15.3. The van der Waals surface area contributed by atoms with E-state index < -0.39 is 0 Å². The van der Waals surface area contributed by atoms with Crippen molar-refractivity contribution in [2.75, 3.05) is 11.9 Å². The third-order valence-electron chi connectivity index (χ3n) is 20.0. The van der Waals surface area contributed by atoms with E-state index in [1.54, 1.807) is 48.1 Å². The molecule has 0 spiro atoms. The highest BCUT2D eigenvalue weighted by Gasteiger charge is 2.31. The van der Waals surface area contributed by atoms with Crippen molar-refractivity contribution in [3.8, 4) is 74.0 Å². The Hall–Kier alpha value is -13.0. The zero-order valence-electron chi connectivity index (χ0n) is 57.8. The van der Waals surface area contributed by atoms with Crippen LogP contribution in [0, 0.1) is 51.7 Å². The standard InChI is InChI=1S/C18H19N7O.C17H18N6.C16H17N7.C13H15N5O.C9H7N5/c19-7-5-15(12-3-1-2-4-12)25-10-13(9-22-25)16-14-6-8-20-17(14)23-24-18(16)21-11-26;18-7-5-16(12-3-1-2-4-12)23-11-13(9-21-23)15-10-20-22-17-14(15)6-8-19-17;17-7-5-14(11-3-1-2-4-11)23-10-12(9-19-23)15-13-6-8-18-16(13)21-22-20-15;1-3-19-9(2)18-8-10(6-16-18)12-7-15-17-13-11(12)4-5-14-13;1-2-10-9-7(1)8(5-13-14-9)6-3-11-12-4-6/h6,8-12,15H,1-5H2,(H,20,23)(H,21,24,26);6,8-12,16H,1-5H2,(H,19,22);6,8-11,14H,1-5H2,(H,18,20,21);4-9H,3H2,1-2H3,(H,14,17);1-5H,(H,10,14)(H,11,12). The van der Waals surface area contributed by atoms with Gasteiger partial charge in [-0.1, -0.05) is 38.5 Å². The van der Waals surface area contributed by atoms with Gasteiger partial charge in [0.25, 0.3) is 0 Å². The molecule has 3 saturated carbocycles. The van der Waals surface area contributed by atoms with Gasteiger partial charge in [0.15, 0.2) is 34.1 Å². The highest BCUT2D eigenvalue weighted by Crippen LogP contribution is 2.41. The Balaban J connectivity index is 0.000000112. The molecule has 530 valence electrons. The van der Waals surface area contributed by atoms with Crippen LogP contribution in [0.15, 0.2) is 142 Å². The van der Waals surface area contributed by atoms with E-state index in [-0.39, 0.29) is 24.4 Å². The van der Waals surface area contributed by atoms with E-state index >= 15 is 0 Å². The Morgan fingerprint density at radius 2 is 0.895 bits per heavy atom. The number of nitrogens with one attached hydrogen (secondary N) is 7. The van der Waals surface area contributed by atoms with Crippen LogP contribution in [-0.4, -0.2) is 143 Å². The van der Waals surface area contributed by atoms with E-state index in [0.29, 0.717) is 67.1 Å². The fourth-order valence-corrected chi connectivity index (χ4v) is 14.8. The maximum Gasteiger partial charge on any atom is 0.212 e. The summed E-state index contributed by atoms with van der Waals surface area (Å²) in [6.07, 6.45) is 49.7. The lowest BCUT2D eigenvalue weighted by atomic mass is 9.96. The summed E-state index contributed by atoms with van der Waals surface area (Å²) in [7, 11) is 0. The van der Waals surface area contributed by atoms with E-state index in [4.69, 9.17) is 10.00 Å². The number of nitrogens with zero attached hydrogens (tertiary/aromatic N) is 23. The molecular weight excluding hydrogens is 1330 g/mol. The topological polar surface area (TPSA) is 430 Å². The van der Waals surface area contributed by atoms with Gasteiger partial charge in [0.1, 0.15) is 11.9 Å². The van der Waals surface area contributed by atoms with Crippen LogP contribution in [0.3, 0.4) is 0 Å². The molecule has 32 heteroatoms. The number of nitriles is 3. The number of ether oxygens (including phenoxy) is 1. The molecule has 1 amide bonds. The zero-order valence-corrected chi connectivity index (χ0v) is 57.8. The predicted octanol–water partition coefficient (Wildman–Crippen LogP) is 13.1. The molecule has 15 heterocycles. The van der Waals surface area contributed by atoms with Gasteiger partial charge >= 0.3 is 0 Å². The van der Waals surface area contributed by atoms with Gasteiger partial charge in [0.05, 0.1) is 105 Å². The Bertz CT molecular complexity index is 5310. The van der Waals surface area contributed by atoms with Crippen molar-refractivity contribution in [3.63, 3.8) is 0 Å². The van der Waals surface area contributed by atoms with Crippen molar-refractivity contribution in [2.24, 2.45) is 17.8 Å². The first-order valence-electron chi connectivity index (χ1n) is 35.3. The molecule has 3 fully saturated rings. The van der Waals surface area contributed by atoms with Crippen LogP contribution in [0.4, 0.5) is 5.82 Å². The molecule has 0 aliphatic heterocycles. The summed E-state index contributed by atoms with van der Waals surface area (Å²) >= 11 is 0. The van der Waals surface area contributed by atoms with Gasteiger partial charge < -0.3 is 35.0 Å². The number of carbonyl (C=O) groups excluding carboxylic acids is 1. The van der Waals surface area contributed by atoms with E-state index in [9.17, 15) is 15.3 Å². The number of carbonyl (C=O) groups is 1. The summed E-state index contributed by atoms with van der Waals surface area (Å²) < 4.78 is 13.1. The highest BCUT2D eigenvalue weighted by atomic mass is 16.5. The number of aromatic nitrogens is 26. The average molecular weight is 1410 g/mol. The molecule has 0 radical (unpaired) electrons. The third-order valence-corrected chi connectivity index (χ3v) is 20.0. The van der Waals surface area contributed by atoms with Crippen LogP contribution in [0.25, 0.3) is 111 Å². The number of rotatable bonds is 19. The van der Waals surface area contributed by atoms with Gasteiger partial charge in [-0.2, -0.15) is 56.6 Å². The Labute approximate surface area is 600 Å². The summed E-state index contributed by atoms with van der Waals surface area (Å²) in [4.78, 5) is 26.2. The molecule has 18 rings (SSSR count). The van der Waals surface area contributed by atoms with Crippen molar-refractivity contribution < 1.29 is 9.53 Å². The van der Waals surface area contributed by atoms with Gasteiger partial charge in [-0.15, -0.1) is 35.7 Å². The van der Waals surface area contributed by atoms with Crippen LogP contribution in [-0.2, 0) is 9.53 Å². The van der Waals surface area contributed by atoms with E-state index in [2.05, 4.69) is 135 Å². The molecule has 4 unspecified atom stereocenters. The van der Waals surface area contributed by atoms with Crippen LogP contribution in [0.1, 0.15) is 135 Å². The first-order valence-corrected chi connectivity index (χ1v) is 35.3. The number of H-pyrrole nitrogens is 6. The minimum atomic E-state index is -0.0738. The number of hydrogen-bond acceptors (Lipinski definition) is 21. The number of anilines is 1. The molecule has 3 aliphatic carbocycles. The van der Waals surface area contributed by atoms with Gasteiger partial charge in [-0.05, 0) is 106 Å². The molecule has 15 aromatic heterocycles. The minimum Gasteiger partial charge on any atom is -0.357 e.